The summed E-state index contributed by atoms with van der Waals surface area (Å²) in [6.45, 7) is 0. The maximum absolute atomic E-state index is 12.5. The van der Waals surface area contributed by atoms with Gasteiger partial charge in [0.05, 0.1) is 16.9 Å². The molecule has 102 valence electrons. The lowest BCUT2D eigenvalue weighted by molar-refractivity contribution is -0.275. The van der Waals surface area contributed by atoms with Gasteiger partial charge in [-0.1, -0.05) is 0 Å². The van der Waals surface area contributed by atoms with Crippen molar-refractivity contribution >= 4 is 22.6 Å². The maximum Gasteiger partial charge on any atom is 0.573 e. The lowest BCUT2D eigenvalue weighted by Crippen LogP contribution is -2.20. The highest BCUT2D eigenvalue weighted by Gasteiger charge is 2.40. The third-order valence-corrected chi connectivity index (χ3v) is 2.65. The summed E-state index contributed by atoms with van der Waals surface area (Å²) >= 11 is 1.07. The number of rotatable bonds is 2. The molecule has 0 saturated heterocycles. The van der Waals surface area contributed by atoms with E-state index in [-0.39, 0.29) is 0 Å². The molecule has 0 aliphatic rings. The molecule has 1 heterocycles. The maximum atomic E-state index is 12.5. The average molecular weight is 387 g/mol. The van der Waals surface area contributed by atoms with Gasteiger partial charge in [-0.2, -0.15) is 13.2 Å². The van der Waals surface area contributed by atoms with Crippen molar-refractivity contribution in [1.82, 2.24) is 4.98 Å². The van der Waals surface area contributed by atoms with Gasteiger partial charge in [0.2, 0.25) is 0 Å². The molecule has 0 aliphatic heterocycles. The van der Waals surface area contributed by atoms with Crippen molar-refractivity contribution in [3.05, 3.63) is 15.5 Å². The molecule has 1 rings (SSSR count). The van der Waals surface area contributed by atoms with E-state index < -0.39 is 33.3 Å². The fraction of sp³-hybridized carbons (Fsp3) is 0.375. The Labute approximate surface area is 110 Å². The third-order valence-electron chi connectivity index (χ3n) is 1.65. The quantitative estimate of drug-likeness (QED) is 0.574. The summed E-state index contributed by atoms with van der Waals surface area (Å²) < 4.78 is 80.8. The lowest BCUT2D eigenvalue weighted by atomic mass is 10.3. The molecule has 10 heteroatoms. The SMILES string of the molecule is COc1cnc(C(F)(F)F)c(I)c1OC(F)(F)F. The van der Waals surface area contributed by atoms with Crippen LogP contribution in [-0.2, 0) is 6.18 Å². The molecule has 0 radical (unpaired) electrons. The Bertz CT molecular complexity index is 444. The van der Waals surface area contributed by atoms with Crippen molar-refractivity contribution in [3.63, 3.8) is 0 Å². The zero-order chi connectivity index (χ0) is 14.1. The van der Waals surface area contributed by atoms with E-state index >= 15 is 0 Å². The van der Waals surface area contributed by atoms with Gasteiger partial charge in [-0.05, 0) is 22.6 Å². The van der Waals surface area contributed by atoms with Crippen LogP contribution in [0.25, 0.3) is 0 Å². The predicted octanol–water partition coefficient (Wildman–Crippen LogP) is 3.61. The van der Waals surface area contributed by atoms with Gasteiger partial charge < -0.3 is 9.47 Å². The number of hydrogen-bond donors (Lipinski definition) is 0. The number of alkyl halides is 6. The highest BCUT2D eigenvalue weighted by molar-refractivity contribution is 14.1. The van der Waals surface area contributed by atoms with Crippen molar-refractivity contribution < 1.29 is 35.8 Å². The number of halogens is 7. The van der Waals surface area contributed by atoms with Crippen LogP contribution >= 0.6 is 22.6 Å². The number of aromatic nitrogens is 1. The zero-order valence-electron chi connectivity index (χ0n) is 8.49. The molecule has 1 aromatic rings. The molecule has 0 bridgehead atoms. The first-order chi connectivity index (χ1) is 8.06. The summed E-state index contributed by atoms with van der Waals surface area (Å²) in [5, 5.41) is 0. The normalized spacial score (nSPS) is 12.4. The molecule has 0 saturated carbocycles. The van der Waals surface area contributed by atoms with Crippen LogP contribution in [-0.4, -0.2) is 18.5 Å². The van der Waals surface area contributed by atoms with Crippen LogP contribution in [0.2, 0.25) is 0 Å². The molecule has 3 nitrogen and oxygen atoms in total. The van der Waals surface area contributed by atoms with Gasteiger partial charge in [0, 0.05) is 0 Å². The van der Waals surface area contributed by atoms with Gasteiger partial charge in [-0.3, -0.25) is 0 Å². The Balaban J connectivity index is 3.37. The summed E-state index contributed by atoms with van der Waals surface area (Å²) in [4.78, 5) is 3.01. The van der Waals surface area contributed by atoms with Gasteiger partial charge in [0.1, 0.15) is 0 Å². The summed E-state index contributed by atoms with van der Waals surface area (Å²) in [7, 11) is 0.990. The van der Waals surface area contributed by atoms with Crippen LogP contribution in [0.3, 0.4) is 0 Å². The van der Waals surface area contributed by atoms with Crippen LogP contribution in [0.4, 0.5) is 26.3 Å². The second kappa shape index (κ2) is 4.97. The smallest absolute Gasteiger partial charge is 0.491 e. The van der Waals surface area contributed by atoms with E-state index in [1.807, 2.05) is 0 Å². The van der Waals surface area contributed by atoms with E-state index in [4.69, 9.17) is 0 Å². The first-order valence-corrected chi connectivity index (χ1v) is 5.19. The van der Waals surface area contributed by atoms with Crippen molar-refractivity contribution in [2.75, 3.05) is 7.11 Å². The molecular formula is C8H4F6INO2. The van der Waals surface area contributed by atoms with Crippen LogP contribution in [0, 0.1) is 3.57 Å². The Morgan fingerprint density at radius 3 is 2.11 bits per heavy atom. The first kappa shape index (κ1) is 15.1. The van der Waals surface area contributed by atoms with Gasteiger partial charge in [-0.15, -0.1) is 13.2 Å². The molecule has 0 aliphatic carbocycles. The molecular weight excluding hydrogens is 383 g/mol. The zero-order valence-corrected chi connectivity index (χ0v) is 10.6. The minimum Gasteiger partial charge on any atom is -0.491 e. The predicted molar refractivity (Wildman–Crippen MR) is 55.2 cm³/mol. The first-order valence-electron chi connectivity index (χ1n) is 4.11. The van der Waals surface area contributed by atoms with Crippen LogP contribution in [0.15, 0.2) is 6.20 Å². The summed E-state index contributed by atoms with van der Waals surface area (Å²) in [6, 6.07) is 0. The minimum absolute atomic E-state index is 0.520. The van der Waals surface area contributed by atoms with E-state index in [2.05, 4.69) is 14.5 Å². The monoisotopic (exact) mass is 387 g/mol. The van der Waals surface area contributed by atoms with Crippen LogP contribution in [0.5, 0.6) is 11.5 Å². The molecule has 0 atom stereocenters. The van der Waals surface area contributed by atoms with E-state index in [0.29, 0.717) is 6.20 Å². The second-order valence-corrected chi connectivity index (χ2v) is 3.94. The van der Waals surface area contributed by atoms with Gasteiger partial charge in [0.25, 0.3) is 0 Å². The molecule has 0 amide bonds. The Morgan fingerprint density at radius 1 is 1.17 bits per heavy atom. The fourth-order valence-electron chi connectivity index (χ4n) is 1.01. The molecule has 0 fully saturated rings. The van der Waals surface area contributed by atoms with E-state index in [0.717, 1.165) is 29.7 Å². The number of methoxy groups -OCH3 is 1. The Kier molecular flexibility index (Phi) is 4.18. The Hall–Kier alpha value is -0.940. The second-order valence-electron chi connectivity index (χ2n) is 2.86. The molecule has 0 N–H and O–H groups in total. The number of ether oxygens (including phenoxy) is 2. The van der Waals surface area contributed by atoms with Crippen molar-refractivity contribution in [2.24, 2.45) is 0 Å². The minimum atomic E-state index is -5.13. The van der Waals surface area contributed by atoms with Crippen molar-refractivity contribution in [2.45, 2.75) is 12.5 Å². The highest BCUT2D eigenvalue weighted by Crippen LogP contribution is 2.41. The topological polar surface area (TPSA) is 31.4 Å². The van der Waals surface area contributed by atoms with Crippen LogP contribution < -0.4 is 9.47 Å². The molecule has 0 unspecified atom stereocenters. The average Bonchev–Trinajstić information content (AvgIpc) is 2.17. The van der Waals surface area contributed by atoms with Gasteiger partial charge in [-0.25, -0.2) is 4.98 Å². The highest BCUT2D eigenvalue weighted by atomic mass is 127. The summed E-state index contributed by atoms with van der Waals surface area (Å²) in [5.74, 6) is -1.60. The van der Waals surface area contributed by atoms with Crippen LogP contribution in [0.1, 0.15) is 5.69 Å². The number of nitrogens with zero attached hydrogens (tertiary/aromatic N) is 1. The number of hydrogen-bond acceptors (Lipinski definition) is 3. The van der Waals surface area contributed by atoms with E-state index in [1.165, 1.54) is 0 Å². The Morgan fingerprint density at radius 2 is 1.72 bits per heavy atom. The van der Waals surface area contributed by atoms with Crippen molar-refractivity contribution in [3.8, 4) is 11.5 Å². The summed E-state index contributed by atoms with van der Waals surface area (Å²) in [6.07, 6.45) is -9.49. The van der Waals surface area contributed by atoms with Gasteiger partial charge in [0.15, 0.2) is 17.2 Å². The molecule has 18 heavy (non-hydrogen) atoms. The molecule has 1 aromatic heterocycles. The lowest BCUT2D eigenvalue weighted by Gasteiger charge is -2.16. The van der Waals surface area contributed by atoms with Gasteiger partial charge >= 0.3 is 12.5 Å². The molecule has 0 spiro atoms. The fourth-order valence-corrected chi connectivity index (χ4v) is 1.83. The largest absolute Gasteiger partial charge is 0.573 e. The summed E-state index contributed by atoms with van der Waals surface area (Å²) in [5.41, 5.74) is -1.47. The number of pyridine rings is 1. The molecule has 0 aromatic carbocycles. The standard InChI is InChI=1S/C8H4F6INO2/c1-17-3-2-16-6(7(9,10)11)4(15)5(3)18-8(12,13)14/h2H,1H3. The van der Waals surface area contributed by atoms with Crippen molar-refractivity contribution in [1.29, 1.82) is 0 Å². The van der Waals surface area contributed by atoms with E-state index in [9.17, 15) is 26.3 Å². The third kappa shape index (κ3) is 3.53. The van der Waals surface area contributed by atoms with E-state index in [1.54, 1.807) is 0 Å².